The highest BCUT2D eigenvalue weighted by Gasteiger charge is 2.34. The Bertz CT molecular complexity index is 506. The molecule has 3 nitrogen and oxygen atoms in total. The van der Waals surface area contributed by atoms with E-state index in [0.29, 0.717) is 5.69 Å². The van der Waals surface area contributed by atoms with E-state index in [0.717, 1.165) is 25.7 Å². The van der Waals surface area contributed by atoms with Crippen LogP contribution < -0.4 is 5.32 Å². The molecular weight excluding hydrogens is 539 g/mol. The molecule has 0 unspecified atom stereocenters. The summed E-state index contributed by atoms with van der Waals surface area (Å²) in [5.41, 5.74) is 0.104. The number of benzene rings is 1. The maximum absolute atomic E-state index is 12.4. The highest BCUT2D eigenvalue weighted by atomic mass is 128. The van der Waals surface area contributed by atoms with Gasteiger partial charge in [0.1, 0.15) is 10.8 Å². The number of hydrogen-bond acceptors (Lipinski definition) is 2. The second-order valence-electron chi connectivity index (χ2n) is 5.34. The van der Waals surface area contributed by atoms with Gasteiger partial charge >= 0.3 is 0 Å². The molecule has 1 aromatic carbocycles. The second-order valence-corrected chi connectivity index (χ2v) is 6.09. The van der Waals surface area contributed by atoms with Crippen molar-refractivity contribution >= 4 is 72.0 Å². The molecule has 7 heteroatoms. The van der Waals surface area contributed by atoms with Gasteiger partial charge in [-0.2, -0.15) is 0 Å². The van der Waals surface area contributed by atoms with Gasteiger partial charge < -0.3 is 10.4 Å². The maximum atomic E-state index is 12.4. The Hall–Kier alpha value is 0.530. The predicted molar refractivity (Wildman–Crippen MR) is 106 cm³/mol. The third kappa shape index (κ3) is 5.00. The fourth-order valence-electron chi connectivity index (χ4n) is 2.47. The Morgan fingerprint density at radius 3 is 2.33 bits per heavy atom. The molecule has 1 amide bonds. The molecule has 0 spiro atoms. The number of carbonyl (C=O) groups excluding carboxylic acids is 1. The Kier molecular flexibility index (Phi) is 8.37. The van der Waals surface area contributed by atoms with Crippen molar-refractivity contribution in [1.29, 1.82) is 0 Å². The molecule has 1 aromatic rings. The zero-order chi connectivity index (χ0) is 16.0. The quantitative estimate of drug-likeness (QED) is 0.329. The number of phenols is 1. The van der Waals surface area contributed by atoms with Gasteiger partial charge in [0.15, 0.2) is 0 Å². The van der Waals surface area contributed by atoms with Gasteiger partial charge in [-0.15, -0.1) is 0 Å². The predicted octanol–water partition coefficient (Wildman–Crippen LogP) is 6.38. The lowest BCUT2D eigenvalue weighted by molar-refractivity contribution is -0.126. The molecule has 2 rings (SSSR count). The first-order valence-electron chi connectivity index (χ1n) is 6.57. The van der Waals surface area contributed by atoms with Crippen LogP contribution >= 0.6 is 60.4 Å². The Morgan fingerprint density at radius 2 is 1.76 bits per heavy atom. The normalized spacial score (nSPS) is 16.6. The minimum Gasteiger partial charge on any atom is -0.506 e. The molecule has 1 aliphatic carbocycles. The summed E-state index contributed by atoms with van der Waals surface area (Å²) < 4.78 is 0. The third-order valence-electron chi connectivity index (χ3n) is 3.82. The summed E-state index contributed by atoms with van der Waals surface area (Å²) in [4.78, 5) is 12.4. The number of amides is 1. The zero-order valence-corrected chi connectivity index (χ0v) is 17.4. The van der Waals surface area contributed by atoms with Crippen LogP contribution in [0, 0.1) is 5.41 Å². The summed E-state index contributed by atoms with van der Waals surface area (Å²) in [6.07, 6.45) is 5.13. The lowest BCUT2D eigenvalue weighted by Crippen LogP contribution is -2.35. The highest BCUT2D eigenvalue weighted by molar-refractivity contribution is 15.0. The van der Waals surface area contributed by atoms with E-state index >= 15 is 0 Å². The van der Waals surface area contributed by atoms with Crippen LogP contribution in [0.15, 0.2) is 12.1 Å². The van der Waals surface area contributed by atoms with Crippen molar-refractivity contribution in [3.63, 3.8) is 0 Å². The van der Waals surface area contributed by atoms with Crippen LogP contribution in [-0.4, -0.2) is 11.0 Å². The van der Waals surface area contributed by atoms with Gasteiger partial charge in [0.25, 0.3) is 0 Å². The van der Waals surface area contributed by atoms with E-state index in [1.165, 1.54) is 12.5 Å². The molecule has 0 atom stereocenters. The van der Waals surface area contributed by atoms with E-state index in [1.807, 2.05) is 6.92 Å². The molecule has 2 N–H and O–H groups in total. The van der Waals surface area contributed by atoms with Gasteiger partial charge in [-0.25, -0.2) is 0 Å². The largest absolute Gasteiger partial charge is 0.506 e. The number of anilines is 1. The van der Waals surface area contributed by atoms with Crippen molar-refractivity contribution in [2.75, 3.05) is 5.32 Å². The smallest absolute Gasteiger partial charge is 0.230 e. The van der Waals surface area contributed by atoms with E-state index in [9.17, 15) is 9.90 Å². The summed E-state index contributed by atoms with van der Waals surface area (Å²) in [7, 11) is 0. The van der Waals surface area contributed by atoms with E-state index in [2.05, 4.69) is 42.5 Å². The number of aromatic hydroxyl groups is 1. The van der Waals surface area contributed by atoms with Gasteiger partial charge in [-0.3, -0.25) is 4.79 Å². The fraction of sp³-hybridized carbons (Fsp3) is 0.500. The van der Waals surface area contributed by atoms with Crippen LogP contribution in [0.3, 0.4) is 0 Å². The van der Waals surface area contributed by atoms with E-state index in [4.69, 9.17) is 23.2 Å². The van der Waals surface area contributed by atoms with E-state index < -0.39 is 0 Å². The number of hydrogen-bond donors (Lipinski definition) is 2. The molecular formula is C14H17Cl2I2NO2. The summed E-state index contributed by atoms with van der Waals surface area (Å²) in [6.45, 7) is 1.98. The Labute approximate surface area is 158 Å². The minimum atomic E-state index is -0.341. The SMILES string of the molecule is CC1(C(=O)Nc2ccc(O)c(Cl)c2Cl)CCCCC1.II. The first-order valence-corrected chi connectivity index (χ1v) is 13.6. The van der Waals surface area contributed by atoms with E-state index in [-0.39, 0.29) is 27.1 Å². The average Bonchev–Trinajstić information content (AvgIpc) is 2.50. The summed E-state index contributed by atoms with van der Waals surface area (Å²) in [5.74, 6) is -0.121. The average molecular weight is 556 g/mol. The topological polar surface area (TPSA) is 49.3 Å². The molecule has 0 bridgehead atoms. The third-order valence-corrected chi connectivity index (χ3v) is 4.69. The highest BCUT2D eigenvalue weighted by Crippen LogP contribution is 2.40. The minimum absolute atomic E-state index is 0.0316. The summed E-state index contributed by atoms with van der Waals surface area (Å²) in [5, 5.41) is 12.5. The molecule has 1 fully saturated rings. The number of phenolic OH excluding ortho intramolecular Hbond substituents is 1. The lowest BCUT2D eigenvalue weighted by Gasteiger charge is -2.32. The molecule has 0 radical (unpaired) electrons. The maximum Gasteiger partial charge on any atom is 0.230 e. The number of carbonyl (C=O) groups is 1. The molecule has 0 aromatic heterocycles. The summed E-state index contributed by atoms with van der Waals surface area (Å²) in [6, 6.07) is 2.99. The molecule has 1 saturated carbocycles. The molecule has 21 heavy (non-hydrogen) atoms. The lowest BCUT2D eigenvalue weighted by atomic mass is 9.75. The van der Waals surface area contributed by atoms with Gasteiger partial charge in [0, 0.05) is 42.6 Å². The van der Waals surface area contributed by atoms with Crippen molar-refractivity contribution in [2.45, 2.75) is 39.0 Å². The first-order chi connectivity index (χ1) is 9.94. The molecule has 0 heterocycles. The Morgan fingerprint density at radius 1 is 1.19 bits per heavy atom. The van der Waals surface area contributed by atoms with Crippen LogP contribution in [0.1, 0.15) is 39.0 Å². The number of rotatable bonds is 2. The van der Waals surface area contributed by atoms with Crippen molar-refractivity contribution in [3.05, 3.63) is 22.2 Å². The molecule has 1 aliphatic rings. The van der Waals surface area contributed by atoms with Gasteiger partial charge in [-0.1, -0.05) is 49.4 Å². The number of halogens is 4. The van der Waals surface area contributed by atoms with Crippen LogP contribution in [0.5, 0.6) is 5.75 Å². The van der Waals surface area contributed by atoms with E-state index in [1.54, 1.807) is 6.07 Å². The second kappa shape index (κ2) is 8.98. The molecule has 118 valence electrons. The van der Waals surface area contributed by atoms with Gasteiger partial charge in [0.05, 0.1) is 10.7 Å². The molecule has 0 aliphatic heterocycles. The Balaban J connectivity index is 0.00000106. The van der Waals surface area contributed by atoms with Crippen LogP contribution in [0.2, 0.25) is 10.0 Å². The van der Waals surface area contributed by atoms with Gasteiger partial charge in [0.2, 0.25) is 5.91 Å². The van der Waals surface area contributed by atoms with Gasteiger partial charge in [-0.05, 0) is 25.0 Å². The van der Waals surface area contributed by atoms with Crippen molar-refractivity contribution in [1.82, 2.24) is 0 Å². The number of nitrogens with one attached hydrogen (secondary N) is 1. The molecule has 0 saturated heterocycles. The monoisotopic (exact) mass is 555 g/mol. The summed E-state index contributed by atoms with van der Waals surface area (Å²) >= 11 is 16.1. The zero-order valence-electron chi connectivity index (χ0n) is 11.6. The standard InChI is InChI=1S/C14H17Cl2NO2.I2/c1-14(7-3-2-4-8-14)13(19)17-9-5-6-10(18)12(16)11(9)15;1-2/h5-6,18H,2-4,7-8H2,1H3,(H,17,19);. The van der Waals surface area contributed by atoms with Crippen molar-refractivity contribution in [3.8, 4) is 5.75 Å². The first kappa shape index (κ1) is 19.6. The van der Waals surface area contributed by atoms with Crippen LogP contribution in [0.4, 0.5) is 5.69 Å². The van der Waals surface area contributed by atoms with Crippen molar-refractivity contribution in [2.24, 2.45) is 5.41 Å². The van der Waals surface area contributed by atoms with Crippen LogP contribution in [-0.2, 0) is 4.79 Å². The van der Waals surface area contributed by atoms with Crippen molar-refractivity contribution < 1.29 is 9.90 Å². The van der Waals surface area contributed by atoms with Crippen LogP contribution in [0.25, 0.3) is 0 Å². The fourth-order valence-corrected chi connectivity index (χ4v) is 2.84.